The van der Waals surface area contributed by atoms with E-state index in [1.54, 1.807) is 0 Å². The average molecular weight is 233 g/mol. The third kappa shape index (κ3) is 3.57. The van der Waals surface area contributed by atoms with E-state index < -0.39 is 0 Å². The van der Waals surface area contributed by atoms with Gasteiger partial charge in [-0.05, 0) is 30.4 Å². The summed E-state index contributed by atoms with van der Waals surface area (Å²) in [5.74, 6) is 0. The van der Waals surface area contributed by atoms with E-state index in [4.69, 9.17) is 5.73 Å². The Labute approximate surface area is 106 Å². The van der Waals surface area contributed by atoms with Gasteiger partial charge in [0, 0.05) is 5.54 Å². The SMILES string of the molecule is CCCc1ccccc1C(N)(CCC)CCC. The van der Waals surface area contributed by atoms with Gasteiger partial charge in [-0.1, -0.05) is 64.3 Å². The van der Waals surface area contributed by atoms with Gasteiger partial charge in [-0.15, -0.1) is 0 Å². The van der Waals surface area contributed by atoms with Crippen LogP contribution in [-0.2, 0) is 12.0 Å². The van der Waals surface area contributed by atoms with Crippen molar-refractivity contribution in [2.24, 2.45) is 5.73 Å². The Kier molecular flexibility index (Phi) is 5.70. The van der Waals surface area contributed by atoms with E-state index in [-0.39, 0.29) is 5.54 Å². The molecule has 1 aromatic rings. The van der Waals surface area contributed by atoms with Crippen LogP contribution >= 0.6 is 0 Å². The molecule has 0 saturated carbocycles. The number of hydrogen-bond donors (Lipinski definition) is 1. The van der Waals surface area contributed by atoms with Crippen LogP contribution in [0.25, 0.3) is 0 Å². The average Bonchev–Trinajstić information content (AvgIpc) is 2.31. The molecule has 0 aliphatic rings. The maximum atomic E-state index is 6.67. The van der Waals surface area contributed by atoms with Crippen molar-refractivity contribution in [3.05, 3.63) is 35.4 Å². The molecular formula is C16H27N. The number of nitrogens with two attached hydrogens (primary N) is 1. The molecule has 0 aromatic heterocycles. The van der Waals surface area contributed by atoms with Crippen LogP contribution in [0.15, 0.2) is 24.3 Å². The minimum absolute atomic E-state index is 0.116. The van der Waals surface area contributed by atoms with E-state index in [9.17, 15) is 0 Å². The van der Waals surface area contributed by atoms with Gasteiger partial charge in [0.15, 0.2) is 0 Å². The van der Waals surface area contributed by atoms with Crippen LogP contribution in [0.1, 0.15) is 64.0 Å². The van der Waals surface area contributed by atoms with Crippen LogP contribution in [0.5, 0.6) is 0 Å². The highest BCUT2D eigenvalue weighted by atomic mass is 14.7. The molecule has 0 bridgehead atoms. The van der Waals surface area contributed by atoms with E-state index >= 15 is 0 Å². The standard InChI is InChI=1S/C16H27N/c1-4-9-14-10-7-8-11-15(14)16(17,12-5-2)13-6-3/h7-8,10-11H,4-6,9,12-13,17H2,1-3H3. The second kappa shape index (κ2) is 6.80. The second-order valence-electron chi connectivity index (χ2n) is 5.06. The first-order valence-corrected chi connectivity index (χ1v) is 7.05. The Morgan fingerprint density at radius 2 is 1.53 bits per heavy atom. The lowest BCUT2D eigenvalue weighted by Crippen LogP contribution is -2.37. The molecule has 0 spiro atoms. The molecule has 0 amide bonds. The van der Waals surface area contributed by atoms with Gasteiger partial charge in [0.25, 0.3) is 0 Å². The van der Waals surface area contributed by atoms with Crippen LogP contribution in [0.2, 0.25) is 0 Å². The summed E-state index contributed by atoms with van der Waals surface area (Å²) in [6, 6.07) is 8.73. The van der Waals surface area contributed by atoms with Gasteiger partial charge in [-0.2, -0.15) is 0 Å². The largest absolute Gasteiger partial charge is 0.321 e. The molecule has 1 rings (SSSR count). The van der Waals surface area contributed by atoms with E-state index in [2.05, 4.69) is 45.0 Å². The number of aryl methyl sites for hydroxylation is 1. The molecule has 0 aliphatic heterocycles. The summed E-state index contributed by atoms with van der Waals surface area (Å²) < 4.78 is 0. The Balaban J connectivity index is 3.08. The van der Waals surface area contributed by atoms with Crippen LogP contribution in [0.4, 0.5) is 0 Å². The van der Waals surface area contributed by atoms with Crippen molar-refractivity contribution in [1.82, 2.24) is 0 Å². The van der Waals surface area contributed by atoms with E-state index in [1.807, 2.05) is 0 Å². The molecule has 0 fully saturated rings. The van der Waals surface area contributed by atoms with Gasteiger partial charge in [-0.25, -0.2) is 0 Å². The third-order valence-electron chi connectivity index (χ3n) is 3.47. The molecule has 1 aromatic carbocycles. The fourth-order valence-corrected chi connectivity index (χ4v) is 2.78. The monoisotopic (exact) mass is 233 g/mol. The fourth-order valence-electron chi connectivity index (χ4n) is 2.78. The quantitative estimate of drug-likeness (QED) is 0.742. The van der Waals surface area contributed by atoms with Crippen LogP contribution in [-0.4, -0.2) is 0 Å². The normalized spacial score (nSPS) is 11.8. The first-order chi connectivity index (χ1) is 8.18. The highest BCUT2D eigenvalue weighted by Crippen LogP contribution is 2.31. The predicted octanol–water partition coefficient (Wildman–Crippen LogP) is 4.39. The highest BCUT2D eigenvalue weighted by molar-refractivity contribution is 5.33. The zero-order valence-electron chi connectivity index (χ0n) is 11.6. The van der Waals surface area contributed by atoms with Crippen molar-refractivity contribution in [2.75, 3.05) is 0 Å². The summed E-state index contributed by atoms with van der Waals surface area (Å²) in [6.45, 7) is 6.67. The molecule has 0 atom stereocenters. The van der Waals surface area contributed by atoms with Gasteiger partial charge in [0.2, 0.25) is 0 Å². The van der Waals surface area contributed by atoms with Crippen molar-refractivity contribution >= 4 is 0 Å². The molecule has 0 unspecified atom stereocenters. The predicted molar refractivity (Wildman–Crippen MR) is 76.1 cm³/mol. The molecule has 2 N–H and O–H groups in total. The molecule has 1 nitrogen and oxygen atoms in total. The Morgan fingerprint density at radius 1 is 0.941 bits per heavy atom. The molecule has 1 heteroatoms. The fraction of sp³-hybridized carbons (Fsp3) is 0.625. The van der Waals surface area contributed by atoms with Gasteiger partial charge in [-0.3, -0.25) is 0 Å². The first kappa shape index (κ1) is 14.2. The lowest BCUT2D eigenvalue weighted by atomic mass is 9.79. The minimum Gasteiger partial charge on any atom is -0.321 e. The maximum Gasteiger partial charge on any atom is 0.0412 e. The summed E-state index contributed by atoms with van der Waals surface area (Å²) in [5.41, 5.74) is 9.38. The molecule has 0 heterocycles. The first-order valence-electron chi connectivity index (χ1n) is 7.05. The molecule has 0 saturated heterocycles. The van der Waals surface area contributed by atoms with Crippen molar-refractivity contribution in [2.45, 2.75) is 64.8 Å². The summed E-state index contributed by atoms with van der Waals surface area (Å²) >= 11 is 0. The maximum absolute atomic E-state index is 6.67. The minimum atomic E-state index is -0.116. The van der Waals surface area contributed by atoms with Crippen molar-refractivity contribution in [3.63, 3.8) is 0 Å². The van der Waals surface area contributed by atoms with Gasteiger partial charge in [0.05, 0.1) is 0 Å². The molecule has 0 aliphatic carbocycles. The summed E-state index contributed by atoms with van der Waals surface area (Å²) in [6.07, 6.45) is 6.80. The molecular weight excluding hydrogens is 206 g/mol. The topological polar surface area (TPSA) is 26.0 Å². The van der Waals surface area contributed by atoms with Crippen LogP contribution < -0.4 is 5.73 Å². The van der Waals surface area contributed by atoms with Crippen molar-refractivity contribution in [1.29, 1.82) is 0 Å². The molecule has 96 valence electrons. The van der Waals surface area contributed by atoms with Crippen molar-refractivity contribution in [3.8, 4) is 0 Å². The Morgan fingerprint density at radius 3 is 2.06 bits per heavy atom. The van der Waals surface area contributed by atoms with Crippen LogP contribution in [0.3, 0.4) is 0 Å². The summed E-state index contributed by atoms with van der Waals surface area (Å²) in [4.78, 5) is 0. The van der Waals surface area contributed by atoms with E-state index in [0.717, 1.165) is 32.1 Å². The molecule has 17 heavy (non-hydrogen) atoms. The van der Waals surface area contributed by atoms with E-state index in [1.165, 1.54) is 17.5 Å². The number of rotatable bonds is 7. The third-order valence-corrected chi connectivity index (χ3v) is 3.47. The highest BCUT2D eigenvalue weighted by Gasteiger charge is 2.27. The lowest BCUT2D eigenvalue weighted by molar-refractivity contribution is 0.366. The zero-order chi connectivity index (χ0) is 12.7. The van der Waals surface area contributed by atoms with E-state index in [0.29, 0.717) is 0 Å². The second-order valence-corrected chi connectivity index (χ2v) is 5.06. The van der Waals surface area contributed by atoms with Gasteiger partial charge in [0.1, 0.15) is 0 Å². The Bertz CT molecular complexity index is 324. The number of hydrogen-bond acceptors (Lipinski definition) is 1. The zero-order valence-corrected chi connectivity index (χ0v) is 11.6. The number of benzene rings is 1. The summed E-state index contributed by atoms with van der Waals surface area (Å²) in [7, 11) is 0. The van der Waals surface area contributed by atoms with Crippen LogP contribution in [0, 0.1) is 0 Å². The Hall–Kier alpha value is -0.820. The van der Waals surface area contributed by atoms with Gasteiger partial charge >= 0.3 is 0 Å². The summed E-state index contributed by atoms with van der Waals surface area (Å²) in [5, 5.41) is 0. The lowest BCUT2D eigenvalue weighted by Gasteiger charge is -2.31. The van der Waals surface area contributed by atoms with Crippen molar-refractivity contribution < 1.29 is 0 Å². The molecule has 0 radical (unpaired) electrons. The smallest absolute Gasteiger partial charge is 0.0412 e. The van der Waals surface area contributed by atoms with Gasteiger partial charge < -0.3 is 5.73 Å².